The van der Waals surface area contributed by atoms with E-state index in [2.05, 4.69) is 32.2 Å². The molecule has 2 aliphatic rings. The molecule has 0 unspecified atom stereocenters. The monoisotopic (exact) mass is 380 g/mol. The molecule has 1 saturated heterocycles. The van der Waals surface area contributed by atoms with E-state index >= 15 is 0 Å². The summed E-state index contributed by atoms with van der Waals surface area (Å²) in [5, 5.41) is 3.12. The Morgan fingerprint density at radius 3 is 2.74 bits per heavy atom. The Morgan fingerprint density at radius 2 is 2.00 bits per heavy atom. The minimum Gasteiger partial charge on any atom is -0.378 e. The van der Waals surface area contributed by atoms with Crippen LogP contribution in [0.3, 0.4) is 0 Å². The van der Waals surface area contributed by atoms with Crippen molar-refractivity contribution in [2.75, 3.05) is 36.5 Å². The Balaban J connectivity index is 1.63. The summed E-state index contributed by atoms with van der Waals surface area (Å²) in [6, 6.07) is 6.10. The second-order valence-corrected chi connectivity index (χ2v) is 7.41. The van der Waals surface area contributed by atoms with E-state index in [1.54, 1.807) is 0 Å². The van der Waals surface area contributed by atoms with Crippen molar-refractivity contribution in [1.82, 2.24) is 0 Å². The molecule has 1 aromatic rings. The number of nitrogens with zero attached hydrogens (tertiary/aromatic N) is 1. The van der Waals surface area contributed by atoms with Gasteiger partial charge in [-0.15, -0.1) is 0 Å². The van der Waals surface area contributed by atoms with Crippen LogP contribution in [0, 0.1) is 5.92 Å². The number of nitrogens with one attached hydrogen (secondary N) is 1. The zero-order valence-corrected chi connectivity index (χ0v) is 15.1. The summed E-state index contributed by atoms with van der Waals surface area (Å²) in [6.07, 6.45) is 6.90. The molecule has 0 atom stereocenters. The van der Waals surface area contributed by atoms with Crippen LogP contribution in [0.1, 0.15) is 38.5 Å². The van der Waals surface area contributed by atoms with E-state index in [4.69, 9.17) is 4.74 Å². The zero-order valence-electron chi connectivity index (χ0n) is 13.5. The fraction of sp³-hybridized carbons (Fsp3) is 0.611. The fourth-order valence-electron chi connectivity index (χ4n) is 3.54. The lowest BCUT2D eigenvalue weighted by Gasteiger charge is -2.30. The molecule has 1 aliphatic carbocycles. The van der Waals surface area contributed by atoms with E-state index < -0.39 is 0 Å². The summed E-state index contributed by atoms with van der Waals surface area (Å²) in [4.78, 5) is 14.6. The number of benzene rings is 1. The number of ether oxygens (including phenoxy) is 1. The van der Waals surface area contributed by atoms with Crippen molar-refractivity contribution < 1.29 is 9.53 Å². The van der Waals surface area contributed by atoms with Gasteiger partial charge in [-0.05, 0) is 30.5 Å². The molecule has 1 N–H and O–H groups in total. The highest BCUT2D eigenvalue weighted by atomic mass is 79.9. The summed E-state index contributed by atoms with van der Waals surface area (Å²) >= 11 is 3.51. The van der Waals surface area contributed by atoms with Crippen LogP contribution in [-0.2, 0) is 9.53 Å². The number of halogens is 1. The van der Waals surface area contributed by atoms with Gasteiger partial charge in [0, 0.05) is 24.0 Å². The van der Waals surface area contributed by atoms with Crippen molar-refractivity contribution in [1.29, 1.82) is 0 Å². The Bertz CT molecular complexity index is 538. The number of rotatable bonds is 5. The first-order valence-corrected chi connectivity index (χ1v) is 9.44. The second kappa shape index (κ2) is 8.15. The molecule has 0 radical (unpaired) electrons. The maximum absolute atomic E-state index is 12.3. The third-order valence-electron chi connectivity index (χ3n) is 4.84. The molecule has 1 aliphatic heterocycles. The molecule has 126 valence electrons. The van der Waals surface area contributed by atoms with Gasteiger partial charge >= 0.3 is 0 Å². The van der Waals surface area contributed by atoms with Gasteiger partial charge < -0.3 is 15.0 Å². The van der Waals surface area contributed by atoms with E-state index in [-0.39, 0.29) is 5.91 Å². The highest BCUT2D eigenvalue weighted by molar-refractivity contribution is 9.10. The smallest absolute Gasteiger partial charge is 0.224 e. The van der Waals surface area contributed by atoms with Gasteiger partial charge in [0.1, 0.15) is 0 Å². The zero-order chi connectivity index (χ0) is 16.1. The molecule has 2 fully saturated rings. The Hall–Kier alpha value is -1.07. The van der Waals surface area contributed by atoms with E-state index in [1.807, 2.05) is 12.1 Å². The first kappa shape index (κ1) is 16.8. The molecule has 0 bridgehead atoms. The Morgan fingerprint density at radius 1 is 1.26 bits per heavy atom. The number of carbonyl (C=O) groups is 1. The molecule has 1 aromatic carbocycles. The first-order chi connectivity index (χ1) is 11.2. The number of anilines is 2. The largest absolute Gasteiger partial charge is 0.378 e. The molecule has 0 aromatic heterocycles. The van der Waals surface area contributed by atoms with E-state index in [0.717, 1.165) is 54.5 Å². The predicted molar refractivity (Wildman–Crippen MR) is 97.0 cm³/mol. The van der Waals surface area contributed by atoms with Gasteiger partial charge in [0.2, 0.25) is 5.91 Å². The Labute approximate surface area is 146 Å². The summed E-state index contributed by atoms with van der Waals surface area (Å²) < 4.78 is 6.41. The molecule has 1 saturated carbocycles. The Kier molecular flexibility index (Phi) is 5.95. The number of morpholine rings is 1. The van der Waals surface area contributed by atoms with Gasteiger partial charge in [0.25, 0.3) is 0 Å². The number of carbonyl (C=O) groups excluding carboxylic acids is 1. The van der Waals surface area contributed by atoms with Gasteiger partial charge in [0.05, 0.1) is 24.6 Å². The summed E-state index contributed by atoms with van der Waals surface area (Å²) in [5.74, 6) is 0.881. The lowest BCUT2D eigenvalue weighted by molar-refractivity contribution is -0.116. The normalized spacial score (nSPS) is 19.1. The summed E-state index contributed by atoms with van der Waals surface area (Å²) in [7, 11) is 0. The average molecular weight is 381 g/mol. The minimum atomic E-state index is 0.129. The molecular weight excluding hydrogens is 356 g/mol. The number of hydrogen-bond acceptors (Lipinski definition) is 3. The number of amides is 1. The van der Waals surface area contributed by atoms with Crippen LogP contribution in [0.2, 0.25) is 0 Å². The van der Waals surface area contributed by atoms with E-state index in [1.165, 1.54) is 25.7 Å². The van der Waals surface area contributed by atoms with Crippen LogP contribution in [-0.4, -0.2) is 32.2 Å². The molecule has 23 heavy (non-hydrogen) atoms. The second-order valence-electron chi connectivity index (χ2n) is 6.50. The third kappa shape index (κ3) is 4.70. The van der Waals surface area contributed by atoms with Crippen LogP contribution in [0.5, 0.6) is 0 Å². The van der Waals surface area contributed by atoms with Crippen molar-refractivity contribution in [3.63, 3.8) is 0 Å². The molecule has 0 spiro atoms. The van der Waals surface area contributed by atoms with Crippen LogP contribution >= 0.6 is 15.9 Å². The van der Waals surface area contributed by atoms with Crippen molar-refractivity contribution in [2.24, 2.45) is 5.92 Å². The molecule has 5 heteroatoms. The first-order valence-electron chi connectivity index (χ1n) is 8.64. The lowest BCUT2D eigenvalue weighted by atomic mass is 10.0. The molecular formula is C18H25BrN2O2. The predicted octanol–water partition coefficient (Wildman–Crippen LogP) is 4.19. The highest BCUT2D eigenvalue weighted by Crippen LogP contribution is 2.31. The maximum atomic E-state index is 12.3. The average Bonchev–Trinajstić information content (AvgIpc) is 3.07. The van der Waals surface area contributed by atoms with Crippen molar-refractivity contribution in [3.8, 4) is 0 Å². The van der Waals surface area contributed by atoms with Crippen molar-refractivity contribution in [3.05, 3.63) is 22.7 Å². The van der Waals surface area contributed by atoms with Gasteiger partial charge in [-0.3, -0.25) is 4.79 Å². The fourth-order valence-corrected chi connectivity index (χ4v) is 3.90. The lowest BCUT2D eigenvalue weighted by Crippen LogP contribution is -2.36. The van der Waals surface area contributed by atoms with Gasteiger partial charge in [-0.1, -0.05) is 41.6 Å². The molecule has 1 heterocycles. The van der Waals surface area contributed by atoms with Crippen molar-refractivity contribution in [2.45, 2.75) is 38.5 Å². The van der Waals surface area contributed by atoms with Crippen LogP contribution in [0.4, 0.5) is 11.4 Å². The van der Waals surface area contributed by atoms with Gasteiger partial charge in [-0.2, -0.15) is 0 Å². The quantitative estimate of drug-likeness (QED) is 0.832. The van der Waals surface area contributed by atoms with Crippen molar-refractivity contribution >= 4 is 33.2 Å². The molecule has 3 rings (SSSR count). The van der Waals surface area contributed by atoms with Crippen LogP contribution in [0.15, 0.2) is 22.7 Å². The number of hydrogen-bond donors (Lipinski definition) is 1. The van der Waals surface area contributed by atoms with Crippen LogP contribution in [0.25, 0.3) is 0 Å². The molecule has 4 nitrogen and oxygen atoms in total. The van der Waals surface area contributed by atoms with Crippen LogP contribution < -0.4 is 10.2 Å². The van der Waals surface area contributed by atoms with Gasteiger partial charge in [0.15, 0.2) is 0 Å². The third-order valence-corrected chi connectivity index (χ3v) is 5.33. The molecule has 1 amide bonds. The standard InChI is InChI=1S/C18H25BrN2O2/c19-15-6-7-17(21-9-11-23-12-10-21)16(13-15)20-18(22)8-5-14-3-1-2-4-14/h6-7,13-14H,1-5,8-12H2,(H,20,22). The van der Waals surface area contributed by atoms with E-state index in [9.17, 15) is 4.79 Å². The highest BCUT2D eigenvalue weighted by Gasteiger charge is 2.18. The topological polar surface area (TPSA) is 41.6 Å². The summed E-state index contributed by atoms with van der Waals surface area (Å²) in [6.45, 7) is 3.22. The minimum absolute atomic E-state index is 0.129. The van der Waals surface area contributed by atoms with Gasteiger partial charge in [-0.25, -0.2) is 0 Å². The maximum Gasteiger partial charge on any atom is 0.224 e. The van der Waals surface area contributed by atoms with E-state index in [0.29, 0.717) is 6.42 Å². The summed E-state index contributed by atoms with van der Waals surface area (Å²) in [5.41, 5.74) is 1.99. The SMILES string of the molecule is O=C(CCC1CCCC1)Nc1cc(Br)ccc1N1CCOCC1.